The Morgan fingerprint density at radius 1 is 1.14 bits per heavy atom. The molecule has 3 aromatic rings. The zero-order valence-electron chi connectivity index (χ0n) is 15.9. The van der Waals surface area contributed by atoms with Crippen molar-refractivity contribution in [1.82, 2.24) is 9.97 Å². The molecule has 0 aliphatic carbocycles. The Kier molecular flexibility index (Phi) is 6.16. The molecule has 0 spiro atoms. The Hall–Kier alpha value is -3.06. The number of aryl methyl sites for hydroxylation is 2. The molecule has 3 rings (SSSR count). The van der Waals surface area contributed by atoms with Crippen LogP contribution < -0.4 is 15.6 Å². The van der Waals surface area contributed by atoms with E-state index in [4.69, 9.17) is 4.74 Å². The summed E-state index contributed by atoms with van der Waals surface area (Å²) in [5.74, 6) is 0.737. The van der Waals surface area contributed by atoms with Crippen LogP contribution in [0.25, 0.3) is 11.3 Å². The third-order valence-electron chi connectivity index (χ3n) is 4.15. The van der Waals surface area contributed by atoms with E-state index in [2.05, 4.69) is 15.3 Å². The van der Waals surface area contributed by atoms with Crippen molar-refractivity contribution in [2.24, 2.45) is 0 Å². The lowest BCUT2D eigenvalue weighted by Crippen LogP contribution is -2.16. The average Bonchev–Trinajstić information content (AvgIpc) is 2.69. The van der Waals surface area contributed by atoms with Crippen LogP contribution in [0, 0.1) is 13.8 Å². The molecule has 0 atom stereocenters. The van der Waals surface area contributed by atoms with Crippen LogP contribution in [0.15, 0.2) is 58.5 Å². The van der Waals surface area contributed by atoms with Crippen LogP contribution in [0.1, 0.15) is 11.1 Å². The fourth-order valence-electron chi connectivity index (χ4n) is 2.72. The number of H-pyrrole nitrogens is 1. The smallest absolute Gasteiger partial charge is 0.252 e. The SMILES string of the molecule is COc1cc(C)c(NC(=O)CSc2nc(-c3ccccc3)cc(=O)[nH]2)cc1C. The topological polar surface area (TPSA) is 84.1 Å². The van der Waals surface area contributed by atoms with E-state index in [-0.39, 0.29) is 17.2 Å². The molecule has 0 bridgehead atoms. The maximum absolute atomic E-state index is 12.4. The minimum Gasteiger partial charge on any atom is -0.496 e. The van der Waals surface area contributed by atoms with Gasteiger partial charge in [-0.05, 0) is 37.1 Å². The number of hydrogen-bond acceptors (Lipinski definition) is 5. The zero-order valence-corrected chi connectivity index (χ0v) is 16.7. The van der Waals surface area contributed by atoms with Gasteiger partial charge in [0.1, 0.15) is 5.75 Å². The lowest BCUT2D eigenvalue weighted by atomic mass is 10.1. The van der Waals surface area contributed by atoms with E-state index in [9.17, 15) is 9.59 Å². The fraction of sp³-hybridized carbons (Fsp3) is 0.190. The predicted molar refractivity (Wildman–Crippen MR) is 112 cm³/mol. The van der Waals surface area contributed by atoms with Gasteiger partial charge in [-0.2, -0.15) is 0 Å². The lowest BCUT2D eigenvalue weighted by molar-refractivity contribution is -0.113. The summed E-state index contributed by atoms with van der Waals surface area (Å²) in [6, 6.07) is 14.7. The largest absolute Gasteiger partial charge is 0.496 e. The number of aromatic amines is 1. The normalized spacial score (nSPS) is 10.5. The molecule has 2 N–H and O–H groups in total. The molecule has 0 aliphatic rings. The Bertz CT molecular complexity index is 1050. The second-order valence-corrected chi connectivity index (χ2v) is 7.24. The number of nitrogens with zero attached hydrogens (tertiary/aromatic N) is 1. The molecule has 2 aromatic carbocycles. The predicted octanol–water partition coefficient (Wildman–Crippen LogP) is 3.79. The highest BCUT2D eigenvalue weighted by Gasteiger charge is 2.11. The summed E-state index contributed by atoms with van der Waals surface area (Å²) < 4.78 is 5.29. The van der Waals surface area contributed by atoms with E-state index >= 15 is 0 Å². The van der Waals surface area contributed by atoms with Gasteiger partial charge in [-0.3, -0.25) is 9.59 Å². The second kappa shape index (κ2) is 8.75. The van der Waals surface area contributed by atoms with Crippen molar-refractivity contribution in [2.45, 2.75) is 19.0 Å². The highest BCUT2D eigenvalue weighted by molar-refractivity contribution is 7.99. The van der Waals surface area contributed by atoms with Crippen LogP contribution in [0.2, 0.25) is 0 Å². The molecule has 0 saturated carbocycles. The van der Waals surface area contributed by atoms with Gasteiger partial charge in [-0.1, -0.05) is 42.1 Å². The molecule has 0 aliphatic heterocycles. The van der Waals surface area contributed by atoms with E-state index in [1.54, 1.807) is 7.11 Å². The molecular formula is C21H21N3O3S. The van der Waals surface area contributed by atoms with E-state index in [0.29, 0.717) is 10.9 Å². The van der Waals surface area contributed by atoms with Crippen LogP contribution in [-0.4, -0.2) is 28.7 Å². The van der Waals surface area contributed by atoms with E-state index in [1.807, 2.05) is 56.3 Å². The summed E-state index contributed by atoms with van der Waals surface area (Å²) in [6.07, 6.45) is 0. The summed E-state index contributed by atoms with van der Waals surface area (Å²) in [6.45, 7) is 3.83. The summed E-state index contributed by atoms with van der Waals surface area (Å²) in [5, 5.41) is 3.31. The van der Waals surface area contributed by atoms with Gasteiger partial charge in [0.15, 0.2) is 5.16 Å². The average molecular weight is 395 g/mol. The fourth-order valence-corrected chi connectivity index (χ4v) is 3.40. The Labute approximate surface area is 167 Å². The van der Waals surface area contributed by atoms with Crippen LogP contribution in [0.5, 0.6) is 5.75 Å². The van der Waals surface area contributed by atoms with Crippen molar-refractivity contribution >= 4 is 23.4 Å². The Morgan fingerprint density at radius 2 is 1.89 bits per heavy atom. The van der Waals surface area contributed by atoms with Gasteiger partial charge in [0.05, 0.1) is 18.6 Å². The second-order valence-electron chi connectivity index (χ2n) is 6.28. The van der Waals surface area contributed by atoms with Gasteiger partial charge < -0.3 is 15.0 Å². The molecule has 0 fully saturated rings. The van der Waals surface area contributed by atoms with Crippen molar-refractivity contribution in [3.05, 3.63) is 70.0 Å². The molecule has 0 radical (unpaired) electrons. The molecular weight excluding hydrogens is 374 g/mol. The molecule has 144 valence electrons. The summed E-state index contributed by atoms with van der Waals surface area (Å²) in [7, 11) is 1.62. The number of nitrogens with one attached hydrogen (secondary N) is 2. The van der Waals surface area contributed by atoms with Gasteiger partial charge in [-0.25, -0.2) is 4.98 Å². The van der Waals surface area contributed by atoms with Crippen molar-refractivity contribution in [2.75, 3.05) is 18.2 Å². The molecule has 1 heterocycles. The highest BCUT2D eigenvalue weighted by Crippen LogP contribution is 2.26. The third kappa shape index (κ3) is 4.80. The number of carbonyl (C=O) groups is 1. The molecule has 28 heavy (non-hydrogen) atoms. The molecule has 7 heteroatoms. The van der Waals surface area contributed by atoms with Crippen LogP contribution in [0.4, 0.5) is 5.69 Å². The zero-order chi connectivity index (χ0) is 20.1. The first kappa shape index (κ1) is 19.7. The maximum Gasteiger partial charge on any atom is 0.252 e. The van der Waals surface area contributed by atoms with Gasteiger partial charge in [0, 0.05) is 17.3 Å². The number of hydrogen-bond donors (Lipinski definition) is 2. The van der Waals surface area contributed by atoms with Crippen molar-refractivity contribution in [1.29, 1.82) is 0 Å². The van der Waals surface area contributed by atoms with Crippen LogP contribution >= 0.6 is 11.8 Å². The van der Waals surface area contributed by atoms with Gasteiger partial charge in [0.2, 0.25) is 5.91 Å². The number of amides is 1. The van der Waals surface area contributed by atoms with Gasteiger partial charge in [0.25, 0.3) is 5.56 Å². The molecule has 0 unspecified atom stereocenters. The number of carbonyl (C=O) groups excluding carboxylic acids is 1. The molecule has 0 saturated heterocycles. The van der Waals surface area contributed by atoms with Gasteiger partial charge >= 0.3 is 0 Å². The summed E-state index contributed by atoms with van der Waals surface area (Å²) >= 11 is 1.19. The number of rotatable bonds is 6. The number of methoxy groups -OCH3 is 1. The van der Waals surface area contributed by atoms with Crippen molar-refractivity contribution in [3.8, 4) is 17.0 Å². The molecule has 6 nitrogen and oxygen atoms in total. The summed E-state index contributed by atoms with van der Waals surface area (Å²) in [4.78, 5) is 31.4. The van der Waals surface area contributed by atoms with Crippen LogP contribution in [-0.2, 0) is 4.79 Å². The number of anilines is 1. The van der Waals surface area contributed by atoms with E-state index < -0.39 is 0 Å². The first-order valence-electron chi connectivity index (χ1n) is 8.71. The number of ether oxygens (including phenoxy) is 1. The third-order valence-corrected chi connectivity index (χ3v) is 5.02. The molecule has 1 amide bonds. The Morgan fingerprint density at radius 3 is 2.61 bits per heavy atom. The minimum absolute atomic E-state index is 0.131. The standard InChI is InChI=1S/C21H21N3O3S/c1-13-10-18(27-3)14(2)9-16(13)22-20(26)12-28-21-23-17(11-19(25)24-21)15-7-5-4-6-8-15/h4-11H,12H2,1-3H3,(H,22,26)(H,23,24,25). The van der Waals surface area contributed by atoms with Crippen molar-refractivity contribution < 1.29 is 9.53 Å². The van der Waals surface area contributed by atoms with E-state index in [1.165, 1.54) is 17.8 Å². The minimum atomic E-state index is -0.251. The highest BCUT2D eigenvalue weighted by atomic mass is 32.2. The summed E-state index contributed by atoms with van der Waals surface area (Å²) in [5.41, 5.74) is 3.77. The Balaban J connectivity index is 1.69. The number of thioether (sulfide) groups is 1. The monoisotopic (exact) mass is 395 g/mol. The van der Waals surface area contributed by atoms with E-state index in [0.717, 1.165) is 28.1 Å². The first-order valence-corrected chi connectivity index (χ1v) is 9.69. The quantitative estimate of drug-likeness (QED) is 0.490. The number of aromatic nitrogens is 2. The first-order chi connectivity index (χ1) is 13.5. The lowest BCUT2D eigenvalue weighted by Gasteiger charge is -2.12. The van der Waals surface area contributed by atoms with Gasteiger partial charge in [-0.15, -0.1) is 0 Å². The van der Waals surface area contributed by atoms with Crippen LogP contribution in [0.3, 0.4) is 0 Å². The number of benzene rings is 2. The maximum atomic E-state index is 12.4. The van der Waals surface area contributed by atoms with Crippen molar-refractivity contribution in [3.63, 3.8) is 0 Å². The molecule has 1 aromatic heterocycles.